The molecule has 0 aliphatic heterocycles. The van der Waals surface area contributed by atoms with Crippen LogP contribution >= 0.6 is 11.3 Å². The number of aromatic nitrogens is 1. The van der Waals surface area contributed by atoms with Crippen LogP contribution in [0.2, 0.25) is 0 Å². The molecule has 2 rings (SSSR count). The Balaban J connectivity index is 2.41. The van der Waals surface area contributed by atoms with Crippen LogP contribution in [0.1, 0.15) is 10.4 Å². The van der Waals surface area contributed by atoms with Gasteiger partial charge in [0.25, 0.3) is 0 Å². The summed E-state index contributed by atoms with van der Waals surface area (Å²) in [6.45, 7) is 0.483. The van der Waals surface area contributed by atoms with Crippen LogP contribution in [0.25, 0.3) is 10.4 Å². The van der Waals surface area contributed by atoms with Crippen LogP contribution in [-0.2, 0) is 6.54 Å². The summed E-state index contributed by atoms with van der Waals surface area (Å²) in [5.74, 6) is 0. The molecule has 0 amide bonds. The minimum Gasteiger partial charge on any atom is -0.326 e. The second-order valence-corrected chi connectivity index (χ2v) is 4.15. The van der Waals surface area contributed by atoms with Gasteiger partial charge >= 0.3 is 0 Å². The number of nitriles is 1. The van der Waals surface area contributed by atoms with Crippen LogP contribution in [0.4, 0.5) is 0 Å². The quantitative estimate of drug-likeness (QED) is 0.834. The van der Waals surface area contributed by atoms with Crippen molar-refractivity contribution in [1.82, 2.24) is 4.98 Å². The van der Waals surface area contributed by atoms with E-state index in [1.54, 1.807) is 12.4 Å². The summed E-state index contributed by atoms with van der Waals surface area (Å²) in [6, 6.07) is 7.86. The molecule has 0 saturated heterocycles. The van der Waals surface area contributed by atoms with Gasteiger partial charge in [0.2, 0.25) is 0 Å². The molecule has 4 heteroatoms. The standard InChI is InChI=1S/C11H9N3S/c12-4-8-3-9(7-14-6-8)11-2-1-10(5-13)15-11/h1-3,6-7H,4,12H2. The largest absolute Gasteiger partial charge is 0.326 e. The van der Waals surface area contributed by atoms with Crippen molar-refractivity contribution in [2.75, 3.05) is 0 Å². The number of nitrogens with zero attached hydrogens (tertiary/aromatic N) is 2. The van der Waals surface area contributed by atoms with Gasteiger partial charge in [0.1, 0.15) is 10.9 Å². The maximum Gasteiger partial charge on any atom is 0.110 e. The van der Waals surface area contributed by atoms with E-state index in [-0.39, 0.29) is 0 Å². The fourth-order valence-electron chi connectivity index (χ4n) is 1.29. The Bertz CT molecular complexity index is 511. The normalized spacial score (nSPS) is 9.87. The van der Waals surface area contributed by atoms with Crippen molar-refractivity contribution in [1.29, 1.82) is 5.26 Å². The second kappa shape index (κ2) is 4.22. The van der Waals surface area contributed by atoms with Crippen molar-refractivity contribution < 1.29 is 0 Å². The minimum absolute atomic E-state index is 0.483. The highest BCUT2D eigenvalue weighted by Gasteiger charge is 2.03. The first-order valence-electron chi connectivity index (χ1n) is 4.48. The van der Waals surface area contributed by atoms with Crippen LogP contribution in [0, 0.1) is 11.3 Å². The number of nitrogens with two attached hydrogens (primary N) is 1. The molecule has 0 aliphatic rings. The summed E-state index contributed by atoms with van der Waals surface area (Å²) < 4.78 is 0. The molecule has 0 radical (unpaired) electrons. The molecule has 0 atom stereocenters. The van der Waals surface area contributed by atoms with Gasteiger partial charge in [-0.3, -0.25) is 4.98 Å². The average molecular weight is 215 g/mol. The maximum absolute atomic E-state index is 8.72. The average Bonchev–Trinajstić information content (AvgIpc) is 2.78. The number of hydrogen-bond acceptors (Lipinski definition) is 4. The molecule has 0 aliphatic carbocycles. The number of pyridine rings is 1. The first kappa shape index (κ1) is 9.84. The van der Waals surface area contributed by atoms with E-state index in [1.807, 2.05) is 18.2 Å². The molecule has 0 aromatic carbocycles. The second-order valence-electron chi connectivity index (χ2n) is 3.06. The third kappa shape index (κ3) is 2.04. The van der Waals surface area contributed by atoms with E-state index in [4.69, 9.17) is 11.0 Å². The van der Waals surface area contributed by atoms with E-state index < -0.39 is 0 Å². The highest BCUT2D eigenvalue weighted by atomic mass is 32.1. The van der Waals surface area contributed by atoms with Crippen LogP contribution in [0.3, 0.4) is 0 Å². The number of hydrogen-bond donors (Lipinski definition) is 1. The maximum atomic E-state index is 8.72. The molecule has 2 N–H and O–H groups in total. The van der Waals surface area contributed by atoms with Gasteiger partial charge in [-0.15, -0.1) is 11.3 Å². The third-order valence-electron chi connectivity index (χ3n) is 2.03. The SMILES string of the molecule is N#Cc1ccc(-c2cncc(CN)c2)s1. The van der Waals surface area contributed by atoms with Crippen LogP contribution < -0.4 is 5.73 Å². The molecule has 3 nitrogen and oxygen atoms in total. The third-order valence-corrected chi connectivity index (χ3v) is 3.07. The molecule has 2 heterocycles. The molecule has 74 valence electrons. The molecule has 0 bridgehead atoms. The summed E-state index contributed by atoms with van der Waals surface area (Å²) in [5.41, 5.74) is 7.56. The number of rotatable bonds is 2. The summed E-state index contributed by atoms with van der Waals surface area (Å²) in [5, 5.41) is 8.72. The topological polar surface area (TPSA) is 62.7 Å². The lowest BCUT2D eigenvalue weighted by atomic mass is 10.2. The lowest BCUT2D eigenvalue weighted by Crippen LogP contribution is -1.96. The molecule has 0 fully saturated rings. The summed E-state index contributed by atoms with van der Waals surface area (Å²) in [6.07, 6.45) is 3.54. The lowest BCUT2D eigenvalue weighted by Gasteiger charge is -1.99. The van der Waals surface area contributed by atoms with Gasteiger partial charge in [0, 0.05) is 29.4 Å². The molecular weight excluding hydrogens is 206 g/mol. The Kier molecular flexibility index (Phi) is 2.77. The summed E-state index contributed by atoms with van der Waals surface area (Å²) in [4.78, 5) is 5.87. The molecule has 2 aromatic rings. The highest BCUT2D eigenvalue weighted by Crippen LogP contribution is 2.27. The predicted octanol–water partition coefficient (Wildman–Crippen LogP) is 2.14. The van der Waals surface area contributed by atoms with Gasteiger partial charge in [-0.05, 0) is 23.8 Å². The van der Waals surface area contributed by atoms with Gasteiger partial charge < -0.3 is 5.73 Å². The number of thiophene rings is 1. The van der Waals surface area contributed by atoms with E-state index in [0.717, 1.165) is 16.0 Å². The van der Waals surface area contributed by atoms with E-state index in [2.05, 4.69) is 11.1 Å². The van der Waals surface area contributed by atoms with Crippen molar-refractivity contribution in [3.05, 3.63) is 41.0 Å². The van der Waals surface area contributed by atoms with Gasteiger partial charge in [0.15, 0.2) is 0 Å². The lowest BCUT2D eigenvalue weighted by molar-refractivity contribution is 1.05. The summed E-state index contributed by atoms with van der Waals surface area (Å²) in [7, 11) is 0. The van der Waals surface area contributed by atoms with Gasteiger partial charge in [-0.25, -0.2) is 0 Å². The minimum atomic E-state index is 0.483. The van der Waals surface area contributed by atoms with Crippen LogP contribution in [0.15, 0.2) is 30.6 Å². The van der Waals surface area contributed by atoms with Gasteiger partial charge in [-0.2, -0.15) is 5.26 Å². The van der Waals surface area contributed by atoms with Crippen molar-refractivity contribution in [2.24, 2.45) is 5.73 Å². The van der Waals surface area contributed by atoms with E-state index >= 15 is 0 Å². The first-order chi connectivity index (χ1) is 7.33. The molecule has 0 saturated carbocycles. The molecule has 0 unspecified atom stereocenters. The Morgan fingerprint density at radius 2 is 2.27 bits per heavy atom. The summed E-state index contributed by atoms with van der Waals surface area (Å²) >= 11 is 1.46. The smallest absolute Gasteiger partial charge is 0.110 e. The van der Waals surface area contributed by atoms with E-state index in [9.17, 15) is 0 Å². The van der Waals surface area contributed by atoms with Crippen molar-refractivity contribution in [3.63, 3.8) is 0 Å². The van der Waals surface area contributed by atoms with Crippen LogP contribution in [-0.4, -0.2) is 4.98 Å². The Hall–Kier alpha value is -1.70. The zero-order valence-corrected chi connectivity index (χ0v) is 8.79. The van der Waals surface area contributed by atoms with Crippen molar-refractivity contribution >= 4 is 11.3 Å². The fraction of sp³-hybridized carbons (Fsp3) is 0.0909. The molecular formula is C11H9N3S. The zero-order valence-electron chi connectivity index (χ0n) is 7.97. The zero-order chi connectivity index (χ0) is 10.7. The Morgan fingerprint density at radius 3 is 2.93 bits per heavy atom. The Labute approximate surface area is 91.8 Å². The molecule has 2 aromatic heterocycles. The molecule has 0 spiro atoms. The van der Waals surface area contributed by atoms with Gasteiger partial charge in [0.05, 0.1) is 0 Å². The predicted molar refractivity (Wildman–Crippen MR) is 60.2 cm³/mol. The molecule has 15 heavy (non-hydrogen) atoms. The van der Waals surface area contributed by atoms with Crippen molar-refractivity contribution in [2.45, 2.75) is 6.54 Å². The first-order valence-corrected chi connectivity index (χ1v) is 5.29. The van der Waals surface area contributed by atoms with E-state index in [0.29, 0.717) is 11.4 Å². The fourth-order valence-corrected chi connectivity index (χ4v) is 2.07. The van der Waals surface area contributed by atoms with Crippen molar-refractivity contribution in [3.8, 4) is 16.5 Å². The Morgan fingerprint density at radius 1 is 1.40 bits per heavy atom. The van der Waals surface area contributed by atoms with Crippen LogP contribution in [0.5, 0.6) is 0 Å². The van der Waals surface area contributed by atoms with E-state index in [1.165, 1.54) is 11.3 Å². The monoisotopic (exact) mass is 215 g/mol. The van der Waals surface area contributed by atoms with Gasteiger partial charge in [-0.1, -0.05) is 0 Å². The highest BCUT2D eigenvalue weighted by molar-refractivity contribution is 7.16.